The topological polar surface area (TPSA) is 0 Å². The van der Waals surface area contributed by atoms with Gasteiger partial charge in [0.1, 0.15) is 5.82 Å². The van der Waals surface area contributed by atoms with E-state index in [4.69, 9.17) is 0 Å². The average molecular weight is 384 g/mol. The van der Waals surface area contributed by atoms with E-state index in [1.165, 1.54) is 18.9 Å². The second kappa shape index (κ2) is 8.14. The first-order valence-electron chi connectivity index (χ1n) is 10.5. The van der Waals surface area contributed by atoms with E-state index in [0.29, 0.717) is 29.5 Å². The van der Waals surface area contributed by atoms with E-state index in [1.807, 2.05) is 12.1 Å². The monoisotopic (exact) mass is 384 g/mol. The predicted octanol–water partition coefficient (Wildman–Crippen LogP) is 7.36. The molecule has 2 aliphatic carbocycles. The first kappa shape index (κ1) is 19.3. The number of allylic oxidation sites excluding steroid dienone is 2. The predicted molar refractivity (Wildman–Crippen MR) is 108 cm³/mol. The lowest BCUT2D eigenvalue weighted by atomic mass is 9.76. The van der Waals surface area contributed by atoms with E-state index in [-0.39, 0.29) is 11.7 Å². The summed E-state index contributed by atoms with van der Waals surface area (Å²) in [4.78, 5) is 0. The summed E-state index contributed by atoms with van der Waals surface area (Å²) in [7, 11) is 0. The van der Waals surface area contributed by atoms with Gasteiger partial charge in [-0.3, -0.25) is 0 Å². The molecule has 0 unspecified atom stereocenters. The lowest BCUT2D eigenvalue weighted by Crippen LogP contribution is -2.15. The van der Waals surface area contributed by atoms with Crippen LogP contribution < -0.4 is 0 Å². The number of benzene rings is 2. The molecule has 3 heteroatoms. The molecule has 28 heavy (non-hydrogen) atoms. The van der Waals surface area contributed by atoms with Crippen molar-refractivity contribution in [3.63, 3.8) is 0 Å². The maximum absolute atomic E-state index is 15.0. The first-order valence-corrected chi connectivity index (χ1v) is 10.5. The highest BCUT2D eigenvalue weighted by Gasteiger charge is 2.27. The molecule has 0 spiro atoms. The minimum absolute atomic E-state index is 0.117. The van der Waals surface area contributed by atoms with Crippen molar-refractivity contribution in [3.05, 3.63) is 76.1 Å². The molecule has 0 aliphatic heterocycles. The molecule has 0 atom stereocenters. The SMILES string of the molecule is CCCC1CCC(c2ccc(C3=CCc4c(F)cccc4C3)c(F)c2F)CC1. The number of hydrogen-bond donors (Lipinski definition) is 0. The van der Waals surface area contributed by atoms with Gasteiger partial charge in [-0.1, -0.05) is 50.1 Å². The van der Waals surface area contributed by atoms with Crippen LogP contribution in [0.3, 0.4) is 0 Å². The third-order valence-electron chi connectivity index (χ3n) is 6.59. The summed E-state index contributed by atoms with van der Waals surface area (Å²) in [6.45, 7) is 2.20. The molecule has 2 aromatic carbocycles. The van der Waals surface area contributed by atoms with E-state index in [2.05, 4.69) is 6.92 Å². The fourth-order valence-corrected chi connectivity index (χ4v) is 5.00. The van der Waals surface area contributed by atoms with Gasteiger partial charge in [0, 0.05) is 5.56 Å². The number of halogens is 3. The maximum atomic E-state index is 15.0. The van der Waals surface area contributed by atoms with Crippen LogP contribution in [0.15, 0.2) is 36.4 Å². The smallest absolute Gasteiger partial charge is 0.166 e. The third kappa shape index (κ3) is 3.64. The molecule has 4 rings (SSSR count). The standard InChI is InChI=1S/C25H27F3/c1-2-4-16-7-9-17(10-8-16)21-13-14-22(25(28)24(21)27)19-11-12-20-18(15-19)5-3-6-23(20)26/h3,5-6,11,13-14,16-17H,2,4,7-10,12,15H2,1H3. The van der Waals surface area contributed by atoms with Crippen LogP contribution in [-0.2, 0) is 12.8 Å². The molecule has 0 aromatic heterocycles. The van der Waals surface area contributed by atoms with Crippen LogP contribution in [-0.4, -0.2) is 0 Å². The summed E-state index contributed by atoms with van der Waals surface area (Å²) in [6, 6.07) is 8.49. The van der Waals surface area contributed by atoms with E-state index in [1.54, 1.807) is 18.2 Å². The van der Waals surface area contributed by atoms with E-state index in [9.17, 15) is 13.2 Å². The van der Waals surface area contributed by atoms with Crippen molar-refractivity contribution in [1.82, 2.24) is 0 Å². The van der Waals surface area contributed by atoms with Crippen LogP contribution in [0.25, 0.3) is 5.57 Å². The normalized spacial score (nSPS) is 21.9. The van der Waals surface area contributed by atoms with Crippen molar-refractivity contribution in [2.24, 2.45) is 5.92 Å². The Hall–Kier alpha value is -2.03. The minimum Gasteiger partial charge on any atom is -0.207 e. The van der Waals surface area contributed by atoms with Gasteiger partial charge in [0.05, 0.1) is 0 Å². The molecule has 2 aromatic rings. The lowest BCUT2D eigenvalue weighted by molar-refractivity contribution is 0.303. The maximum Gasteiger partial charge on any atom is 0.166 e. The van der Waals surface area contributed by atoms with Crippen molar-refractivity contribution < 1.29 is 13.2 Å². The Morgan fingerprint density at radius 1 is 0.929 bits per heavy atom. The summed E-state index contributed by atoms with van der Waals surface area (Å²) >= 11 is 0. The fourth-order valence-electron chi connectivity index (χ4n) is 5.00. The van der Waals surface area contributed by atoms with Gasteiger partial charge < -0.3 is 0 Å². The summed E-state index contributed by atoms with van der Waals surface area (Å²) in [5.74, 6) is -0.816. The molecule has 0 saturated heterocycles. The Morgan fingerprint density at radius 2 is 1.71 bits per heavy atom. The zero-order valence-corrected chi connectivity index (χ0v) is 16.4. The summed E-state index contributed by atoms with van der Waals surface area (Å²) in [5, 5.41) is 0. The molecule has 0 amide bonds. The van der Waals surface area contributed by atoms with Crippen molar-refractivity contribution in [2.45, 2.75) is 64.2 Å². The lowest BCUT2D eigenvalue weighted by Gasteiger charge is -2.29. The second-order valence-electron chi connectivity index (χ2n) is 8.32. The van der Waals surface area contributed by atoms with Gasteiger partial charge in [0.2, 0.25) is 0 Å². The summed E-state index contributed by atoms with van der Waals surface area (Å²) < 4.78 is 43.8. The largest absolute Gasteiger partial charge is 0.207 e. The van der Waals surface area contributed by atoms with Gasteiger partial charge in [-0.25, -0.2) is 13.2 Å². The fraction of sp³-hybridized carbons (Fsp3) is 0.440. The minimum atomic E-state index is -0.751. The van der Waals surface area contributed by atoms with Gasteiger partial charge in [-0.05, 0) is 78.7 Å². The molecule has 0 N–H and O–H groups in total. The Morgan fingerprint density at radius 3 is 2.46 bits per heavy atom. The van der Waals surface area contributed by atoms with Crippen molar-refractivity contribution in [1.29, 1.82) is 0 Å². The number of rotatable bonds is 4. The number of fused-ring (bicyclic) bond motifs is 1. The molecular formula is C25H27F3. The Bertz CT molecular complexity index is 889. The van der Waals surface area contributed by atoms with E-state index < -0.39 is 11.6 Å². The molecule has 1 fully saturated rings. The molecule has 0 bridgehead atoms. The van der Waals surface area contributed by atoms with Gasteiger partial charge in [0.25, 0.3) is 0 Å². The Kier molecular flexibility index (Phi) is 5.61. The van der Waals surface area contributed by atoms with Crippen LogP contribution in [0.2, 0.25) is 0 Å². The highest BCUT2D eigenvalue weighted by atomic mass is 19.2. The van der Waals surface area contributed by atoms with Gasteiger partial charge in [-0.2, -0.15) is 0 Å². The second-order valence-corrected chi connectivity index (χ2v) is 8.32. The summed E-state index contributed by atoms with van der Waals surface area (Å²) in [5.41, 5.74) is 3.10. The van der Waals surface area contributed by atoms with Crippen molar-refractivity contribution >= 4 is 5.57 Å². The molecule has 148 valence electrons. The zero-order valence-electron chi connectivity index (χ0n) is 16.4. The Balaban J connectivity index is 1.55. The quantitative estimate of drug-likeness (QED) is 0.516. The third-order valence-corrected chi connectivity index (χ3v) is 6.59. The first-order chi connectivity index (χ1) is 13.6. The zero-order chi connectivity index (χ0) is 19.7. The van der Waals surface area contributed by atoms with Gasteiger partial charge in [-0.15, -0.1) is 0 Å². The highest BCUT2D eigenvalue weighted by molar-refractivity contribution is 5.71. The molecule has 0 radical (unpaired) electrons. The highest BCUT2D eigenvalue weighted by Crippen LogP contribution is 2.40. The van der Waals surface area contributed by atoms with Crippen molar-refractivity contribution in [3.8, 4) is 0 Å². The van der Waals surface area contributed by atoms with Crippen LogP contribution in [0.4, 0.5) is 13.2 Å². The molecule has 2 aliphatic rings. The van der Waals surface area contributed by atoms with Gasteiger partial charge in [0.15, 0.2) is 11.6 Å². The van der Waals surface area contributed by atoms with E-state index in [0.717, 1.165) is 42.7 Å². The average Bonchev–Trinajstić information content (AvgIpc) is 2.71. The molecular weight excluding hydrogens is 357 g/mol. The molecule has 1 saturated carbocycles. The van der Waals surface area contributed by atoms with Crippen LogP contribution in [0.1, 0.15) is 73.6 Å². The summed E-state index contributed by atoms with van der Waals surface area (Å²) in [6.07, 6.45) is 9.20. The number of hydrogen-bond acceptors (Lipinski definition) is 0. The van der Waals surface area contributed by atoms with Crippen LogP contribution in [0.5, 0.6) is 0 Å². The molecule has 0 heterocycles. The van der Waals surface area contributed by atoms with E-state index >= 15 is 0 Å². The van der Waals surface area contributed by atoms with Gasteiger partial charge >= 0.3 is 0 Å². The molecule has 0 nitrogen and oxygen atoms in total. The van der Waals surface area contributed by atoms with Crippen molar-refractivity contribution in [2.75, 3.05) is 0 Å². The van der Waals surface area contributed by atoms with Crippen LogP contribution >= 0.6 is 0 Å². The Labute approximate surface area is 165 Å². The van der Waals surface area contributed by atoms with Crippen LogP contribution in [0, 0.1) is 23.4 Å².